The van der Waals surface area contributed by atoms with Gasteiger partial charge in [0.1, 0.15) is 5.82 Å². The number of nitrogens with zero attached hydrogens (tertiary/aromatic N) is 2. The number of carbonyl (C=O) groups excluding carboxylic acids is 2. The molecule has 1 aliphatic heterocycles. The summed E-state index contributed by atoms with van der Waals surface area (Å²) in [6.07, 6.45) is 6.27. The van der Waals surface area contributed by atoms with Crippen molar-refractivity contribution in [2.75, 3.05) is 23.3 Å². The van der Waals surface area contributed by atoms with Crippen molar-refractivity contribution in [2.45, 2.75) is 12.8 Å². The summed E-state index contributed by atoms with van der Waals surface area (Å²) in [4.78, 5) is 30.0. The van der Waals surface area contributed by atoms with E-state index in [2.05, 4.69) is 10.3 Å². The Morgan fingerprint density at radius 1 is 1.25 bits per heavy atom. The Kier molecular flexibility index (Phi) is 6.54. The Hall–Kier alpha value is -2.57. The molecule has 0 aliphatic carbocycles. The number of carbonyl (C=O) groups is 2. The minimum atomic E-state index is -0.308. The summed E-state index contributed by atoms with van der Waals surface area (Å²) in [6, 6.07) is 8.80. The topological polar surface area (TPSA) is 88.3 Å². The first-order chi connectivity index (χ1) is 13.4. The first-order valence-corrected chi connectivity index (χ1v) is 9.63. The average Bonchev–Trinajstić information content (AvgIpc) is 2.70. The smallest absolute Gasteiger partial charge is 0.248 e. The Balaban J connectivity index is 1.61. The normalized spacial score (nSPS) is 16.9. The van der Waals surface area contributed by atoms with Crippen LogP contribution in [0.1, 0.15) is 18.4 Å². The molecule has 3 N–H and O–H groups in total. The minimum Gasteiger partial charge on any atom is -0.369 e. The lowest BCUT2D eigenvalue weighted by Crippen LogP contribution is -2.41. The van der Waals surface area contributed by atoms with E-state index in [1.807, 2.05) is 11.0 Å². The summed E-state index contributed by atoms with van der Waals surface area (Å²) >= 11 is 12.1. The summed E-state index contributed by atoms with van der Waals surface area (Å²) in [7, 11) is 0. The molecule has 0 saturated carbocycles. The van der Waals surface area contributed by atoms with Crippen molar-refractivity contribution in [3.63, 3.8) is 0 Å². The molecule has 1 saturated heterocycles. The molecule has 8 heteroatoms. The van der Waals surface area contributed by atoms with E-state index in [1.54, 1.807) is 36.5 Å². The predicted octanol–water partition coefficient (Wildman–Crippen LogP) is 3.74. The van der Waals surface area contributed by atoms with Gasteiger partial charge < -0.3 is 16.0 Å². The van der Waals surface area contributed by atoms with Crippen LogP contribution < -0.4 is 16.0 Å². The first-order valence-electron chi connectivity index (χ1n) is 8.87. The van der Waals surface area contributed by atoms with Crippen LogP contribution in [0.5, 0.6) is 0 Å². The van der Waals surface area contributed by atoms with Crippen molar-refractivity contribution < 1.29 is 9.59 Å². The quantitative estimate of drug-likeness (QED) is 0.723. The molecule has 1 aromatic carbocycles. The van der Waals surface area contributed by atoms with Gasteiger partial charge in [-0.1, -0.05) is 35.3 Å². The Labute approximate surface area is 173 Å². The highest BCUT2D eigenvalue weighted by atomic mass is 35.5. The third-order valence-corrected chi connectivity index (χ3v) is 5.39. The van der Waals surface area contributed by atoms with Crippen LogP contribution in [0.25, 0.3) is 6.08 Å². The molecular weight excluding hydrogens is 399 g/mol. The molecule has 1 aromatic heterocycles. The van der Waals surface area contributed by atoms with E-state index in [0.717, 1.165) is 25.2 Å². The van der Waals surface area contributed by atoms with Crippen molar-refractivity contribution in [2.24, 2.45) is 11.7 Å². The number of halogens is 2. The van der Waals surface area contributed by atoms with Gasteiger partial charge in [-0.25, -0.2) is 4.98 Å². The Bertz CT molecular complexity index is 900. The lowest BCUT2D eigenvalue weighted by molar-refractivity contribution is -0.122. The molecule has 2 aromatic rings. The molecule has 146 valence electrons. The summed E-state index contributed by atoms with van der Waals surface area (Å²) < 4.78 is 0. The van der Waals surface area contributed by atoms with Crippen molar-refractivity contribution in [1.82, 2.24) is 4.98 Å². The third kappa shape index (κ3) is 5.03. The molecule has 0 bridgehead atoms. The van der Waals surface area contributed by atoms with Crippen LogP contribution in [0.4, 0.5) is 11.5 Å². The fourth-order valence-electron chi connectivity index (χ4n) is 3.06. The molecule has 1 aliphatic rings. The number of hydrogen-bond donors (Lipinski definition) is 2. The molecule has 6 nitrogen and oxygen atoms in total. The number of amides is 2. The van der Waals surface area contributed by atoms with E-state index in [0.29, 0.717) is 27.8 Å². The van der Waals surface area contributed by atoms with E-state index < -0.39 is 0 Å². The number of piperidine rings is 1. The van der Waals surface area contributed by atoms with Gasteiger partial charge in [0, 0.05) is 19.2 Å². The fourth-order valence-corrected chi connectivity index (χ4v) is 3.43. The lowest BCUT2D eigenvalue weighted by atomic mass is 9.97. The summed E-state index contributed by atoms with van der Waals surface area (Å²) in [6.45, 7) is 1.39. The van der Waals surface area contributed by atoms with Crippen molar-refractivity contribution in [3.8, 4) is 0 Å². The highest BCUT2D eigenvalue weighted by Gasteiger charge is 2.24. The molecule has 3 rings (SSSR count). The zero-order valence-corrected chi connectivity index (χ0v) is 16.6. The monoisotopic (exact) mass is 418 g/mol. The van der Waals surface area contributed by atoms with E-state index in [1.165, 1.54) is 6.08 Å². The van der Waals surface area contributed by atoms with Gasteiger partial charge in [-0.3, -0.25) is 9.59 Å². The van der Waals surface area contributed by atoms with Crippen LogP contribution in [0.15, 0.2) is 42.6 Å². The van der Waals surface area contributed by atoms with Crippen molar-refractivity contribution >= 4 is 52.6 Å². The zero-order chi connectivity index (χ0) is 20.1. The van der Waals surface area contributed by atoms with Gasteiger partial charge in [0.05, 0.1) is 27.8 Å². The van der Waals surface area contributed by atoms with Gasteiger partial charge in [0.25, 0.3) is 0 Å². The maximum Gasteiger partial charge on any atom is 0.248 e. The lowest BCUT2D eigenvalue weighted by Gasteiger charge is -2.32. The molecule has 1 unspecified atom stereocenters. The first kappa shape index (κ1) is 20.2. The highest BCUT2D eigenvalue weighted by molar-refractivity contribution is 6.42. The minimum absolute atomic E-state index is 0.154. The van der Waals surface area contributed by atoms with Crippen molar-refractivity contribution in [1.29, 1.82) is 0 Å². The maximum atomic E-state index is 12.1. The predicted molar refractivity (Wildman–Crippen MR) is 112 cm³/mol. The number of anilines is 2. The second-order valence-electron chi connectivity index (χ2n) is 6.56. The fraction of sp³-hybridized carbons (Fsp3) is 0.250. The Morgan fingerprint density at radius 3 is 2.79 bits per heavy atom. The molecule has 0 spiro atoms. The second kappa shape index (κ2) is 9.08. The molecular formula is C20H20Cl2N4O2. The van der Waals surface area contributed by atoms with Gasteiger partial charge in [0.15, 0.2) is 0 Å². The molecule has 2 amide bonds. The molecule has 1 atom stereocenters. The van der Waals surface area contributed by atoms with E-state index in [9.17, 15) is 9.59 Å². The van der Waals surface area contributed by atoms with E-state index >= 15 is 0 Å². The molecule has 1 fully saturated rings. The number of aromatic nitrogens is 1. The number of nitrogens with one attached hydrogen (secondary N) is 1. The van der Waals surface area contributed by atoms with Gasteiger partial charge in [-0.05, 0) is 42.7 Å². The van der Waals surface area contributed by atoms with Crippen LogP contribution >= 0.6 is 23.2 Å². The number of primary amides is 1. The second-order valence-corrected chi connectivity index (χ2v) is 7.34. The Morgan fingerprint density at radius 2 is 2.07 bits per heavy atom. The number of nitrogens with two attached hydrogens (primary N) is 1. The average molecular weight is 419 g/mol. The van der Waals surface area contributed by atoms with E-state index in [-0.39, 0.29) is 17.7 Å². The summed E-state index contributed by atoms with van der Waals surface area (Å²) in [5, 5.41) is 3.58. The van der Waals surface area contributed by atoms with Gasteiger partial charge >= 0.3 is 0 Å². The number of pyridine rings is 1. The van der Waals surface area contributed by atoms with Crippen LogP contribution in [-0.2, 0) is 9.59 Å². The van der Waals surface area contributed by atoms with Gasteiger partial charge in [-0.2, -0.15) is 0 Å². The van der Waals surface area contributed by atoms with Crippen LogP contribution in [0.2, 0.25) is 10.0 Å². The molecule has 2 heterocycles. The SMILES string of the molecule is NC(=O)C1CCCN(c2ccc(NC(=O)/C=C/c3cccc(Cl)c3Cl)cn2)C1. The summed E-state index contributed by atoms with van der Waals surface area (Å²) in [5.74, 6) is 0.0149. The van der Waals surface area contributed by atoms with Crippen molar-refractivity contribution in [3.05, 3.63) is 58.2 Å². The molecule has 28 heavy (non-hydrogen) atoms. The summed E-state index contributed by atoms with van der Waals surface area (Å²) in [5.41, 5.74) is 6.65. The standard InChI is InChI=1S/C20H20Cl2N4O2/c21-16-5-1-3-13(19(16)22)6-9-18(27)25-15-7-8-17(24-11-15)26-10-2-4-14(12-26)20(23)28/h1,3,5-9,11,14H,2,4,10,12H2,(H2,23,28)(H,25,27)/b9-6+. The number of benzene rings is 1. The highest BCUT2D eigenvalue weighted by Crippen LogP contribution is 2.26. The number of hydrogen-bond acceptors (Lipinski definition) is 4. The van der Waals surface area contributed by atoms with Crippen LogP contribution in [0.3, 0.4) is 0 Å². The van der Waals surface area contributed by atoms with Gasteiger partial charge in [-0.15, -0.1) is 0 Å². The molecule has 0 radical (unpaired) electrons. The third-order valence-electron chi connectivity index (χ3n) is 4.56. The van der Waals surface area contributed by atoms with E-state index in [4.69, 9.17) is 28.9 Å². The van der Waals surface area contributed by atoms with Gasteiger partial charge in [0.2, 0.25) is 11.8 Å². The largest absolute Gasteiger partial charge is 0.369 e. The van der Waals surface area contributed by atoms with Crippen LogP contribution in [0, 0.1) is 5.92 Å². The van der Waals surface area contributed by atoms with Crippen LogP contribution in [-0.4, -0.2) is 29.9 Å². The maximum absolute atomic E-state index is 12.1. The number of rotatable bonds is 5. The zero-order valence-electron chi connectivity index (χ0n) is 15.1.